The SMILES string of the molecule is C=CCOc1ccc(/C=c2\sc3n(c2=O)[C@H](c2ccc(N(C)C)cc2)C(C(=O)OCC)=C(C)N=3)cc1OC. The molecule has 0 radical (unpaired) electrons. The zero-order chi connectivity index (χ0) is 27.4. The van der Waals surface area contributed by atoms with Crippen molar-refractivity contribution in [3.8, 4) is 11.5 Å². The number of ether oxygens (including phenoxy) is 3. The Morgan fingerprint density at radius 3 is 2.55 bits per heavy atom. The molecule has 38 heavy (non-hydrogen) atoms. The minimum atomic E-state index is -0.659. The number of fused-ring (bicyclic) bond motifs is 1. The molecule has 0 fully saturated rings. The van der Waals surface area contributed by atoms with Gasteiger partial charge in [0.25, 0.3) is 5.56 Å². The molecule has 1 aliphatic rings. The molecular formula is C29H31N3O5S. The number of carbonyl (C=O) groups is 1. The third kappa shape index (κ3) is 5.28. The lowest BCUT2D eigenvalue weighted by molar-refractivity contribution is -0.139. The number of aromatic nitrogens is 1. The van der Waals surface area contributed by atoms with Crippen LogP contribution in [0.15, 0.2) is 76.2 Å². The first kappa shape index (κ1) is 26.9. The third-order valence-electron chi connectivity index (χ3n) is 6.08. The van der Waals surface area contributed by atoms with E-state index in [-0.39, 0.29) is 12.2 Å². The zero-order valence-corrected chi connectivity index (χ0v) is 23.0. The van der Waals surface area contributed by atoms with Crippen molar-refractivity contribution in [3.05, 3.63) is 97.2 Å². The maximum absolute atomic E-state index is 13.8. The molecule has 0 saturated carbocycles. The summed E-state index contributed by atoms with van der Waals surface area (Å²) in [6, 6.07) is 12.6. The molecule has 1 aromatic heterocycles. The van der Waals surface area contributed by atoms with Gasteiger partial charge in [0.15, 0.2) is 16.3 Å². The maximum Gasteiger partial charge on any atom is 0.338 e. The van der Waals surface area contributed by atoms with E-state index in [1.54, 1.807) is 43.7 Å². The van der Waals surface area contributed by atoms with Crippen LogP contribution in [0.1, 0.15) is 31.0 Å². The Hall–Kier alpha value is -4.11. The van der Waals surface area contributed by atoms with Crippen molar-refractivity contribution in [3.63, 3.8) is 0 Å². The van der Waals surface area contributed by atoms with Gasteiger partial charge in [-0.15, -0.1) is 0 Å². The van der Waals surface area contributed by atoms with Crippen molar-refractivity contribution in [2.24, 2.45) is 4.99 Å². The highest BCUT2D eigenvalue weighted by Crippen LogP contribution is 2.32. The maximum atomic E-state index is 13.8. The van der Waals surface area contributed by atoms with Crippen molar-refractivity contribution in [2.45, 2.75) is 19.9 Å². The van der Waals surface area contributed by atoms with Crippen molar-refractivity contribution >= 4 is 29.1 Å². The van der Waals surface area contributed by atoms with Gasteiger partial charge in [-0.1, -0.05) is 42.2 Å². The molecular weight excluding hydrogens is 502 g/mol. The molecule has 1 aliphatic heterocycles. The quantitative estimate of drug-likeness (QED) is 0.310. The average molecular weight is 534 g/mol. The predicted octanol–water partition coefficient (Wildman–Crippen LogP) is 3.44. The number of nitrogens with zero attached hydrogens (tertiary/aromatic N) is 3. The molecule has 198 valence electrons. The van der Waals surface area contributed by atoms with Gasteiger partial charge < -0.3 is 19.1 Å². The largest absolute Gasteiger partial charge is 0.493 e. The summed E-state index contributed by atoms with van der Waals surface area (Å²) >= 11 is 1.27. The van der Waals surface area contributed by atoms with E-state index < -0.39 is 12.0 Å². The Balaban J connectivity index is 1.87. The van der Waals surface area contributed by atoms with Crippen LogP contribution >= 0.6 is 11.3 Å². The Labute approximate surface area is 225 Å². The molecule has 9 heteroatoms. The van der Waals surface area contributed by atoms with Crippen LogP contribution in [-0.4, -0.2) is 45.0 Å². The van der Waals surface area contributed by atoms with E-state index in [0.717, 1.165) is 16.8 Å². The summed E-state index contributed by atoms with van der Waals surface area (Å²) in [7, 11) is 5.48. The van der Waals surface area contributed by atoms with Crippen LogP contribution in [0.3, 0.4) is 0 Å². The summed E-state index contributed by atoms with van der Waals surface area (Å²) in [5.41, 5.74) is 3.22. The number of carbonyl (C=O) groups excluding carboxylic acids is 1. The molecule has 0 unspecified atom stereocenters. The molecule has 3 aromatic rings. The van der Waals surface area contributed by atoms with E-state index in [0.29, 0.717) is 38.7 Å². The third-order valence-corrected chi connectivity index (χ3v) is 7.07. The number of hydrogen-bond acceptors (Lipinski definition) is 8. The fourth-order valence-electron chi connectivity index (χ4n) is 4.25. The first-order chi connectivity index (χ1) is 18.3. The van der Waals surface area contributed by atoms with Gasteiger partial charge in [-0.25, -0.2) is 9.79 Å². The zero-order valence-electron chi connectivity index (χ0n) is 22.2. The fraction of sp³-hybridized carbons (Fsp3) is 0.276. The minimum Gasteiger partial charge on any atom is -0.493 e. The highest BCUT2D eigenvalue weighted by molar-refractivity contribution is 7.07. The minimum absolute atomic E-state index is 0.223. The molecule has 0 spiro atoms. The van der Waals surface area contributed by atoms with Gasteiger partial charge in [0.2, 0.25) is 0 Å². The number of benzene rings is 2. The molecule has 8 nitrogen and oxygen atoms in total. The summed E-state index contributed by atoms with van der Waals surface area (Å²) in [5, 5.41) is 0. The summed E-state index contributed by atoms with van der Waals surface area (Å²) in [6.45, 7) is 7.77. The molecule has 2 aromatic carbocycles. The molecule has 0 saturated heterocycles. The Morgan fingerprint density at radius 2 is 1.92 bits per heavy atom. The lowest BCUT2D eigenvalue weighted by Crippen LogP contribution is -2.39. The van der Waals surface area contributed by atoms with Gasteiger partial charge in [0.1, 0.15) is 6.61 Å². The van der Waals surface area contributed by atoms with Gasteiger partial charge in [-0.2, -0.15) is 0 Å². The van der Waals surface area contributed by atoms with Crippen molar-refractivity contribution in [1.29, 1.82) is 0 Å². The highest BCUT2D eigenvalue weighted by atomic mass is 32.1. The Kier molecular flexibility index (Phi) is 8.16. The van der Waals surface area contributed by atoms with Gasteiger partial charge in [-0.05, 0) is 55.3 Å². The van der Waals surface area contributed by atoms with E-state index in [4.69, 9.17) is 14.2 Å². The standard InChI is InChI=1S/C29H31N3O5S/c1-7-15-37-22-14-9-19(16-23(22)35-6)17-24-27(33)32-26(20-10-12-21(13-11-20)31(4)5)25(28(34)36-8-2)18(3)30-29(32)38-24/h7,9-14,16-17,26H,1,8,15H2,2-6H3/b24-17-/t26-/m1/s1. The van der Waals surface area contributed by atoms with Gasteiger partial charge in [0, 0.05) is 19.8 Å². The first-order valence-corrected chi connectivity index (χ1v) is 13.0. The molecule has 2 heterocycles. The highest BCUT2D eigenvalue weighted by Gasteiger charge is 2.33. The van der Waals surface area contributed by atoms with Crippen molar-refractivity contribution in [1.82, 2.24) is 4.57 Å². The van der Waals surface area contributed by atoms with Crippen molar-refractivity contribution < 1.29 is 19.0 Å². The van der Waals surface area contributed by atoms with Gasteiger partial charge >= 0.3 is 5.97 Å². The number of hydrogen-bond donors (Lipinski definition) is 0. The van der Waals surface area contributed by atoms with E-state index in [1.165, 1.54) is 11.3 Å². The molecule has 0 amide bonds. The molecule has 4 rings (SSSR count). The smallest absolute Gasteiger partial charge is 0.338 e. The molecule has 0 aliphatic carbocycles. The number of esters is 1. The summed E-state index contributed by atoms with van der Waals surface area (Å²) in [4.78, 5) is 34.0. The first-order valence-electron chi connectivity index (χ1n) is 12.2. The van der Waals surface area contributed by atoms with Crippen LogP contribution in [0.2, 0.25) is 0 Å². The van der Waals surface area contributed by atoms with Crippen LogP contribution in [0.5, 0.6) is 11.5 Å². The van der Waals surface area contributed by atoms with Crippen LogP contribution in [0.25, 0.3) is 6.08 Å². The van der Waals surface area contributed by atoms with Gasteiger partial charge in [-0.3, -0.25) is 9.36 Å². The number of methoxy groups -OCH3 is 1. The fourth-order valence-corrected chi connectivity index (χ4v) is 5.30. The lowest BCUT2D eigenvalue weighted by Gasteiger charge is -2.25. The predicted molar refractivity (Wildman–Crippen MR) is 150 cm³/mol. The van der Waals surface area contributed by atoms with Crippen LogP contribution in [0.4, 0.5) is 5.69 Å². The number of anilines is 1. The molecule has 0 bridgehead atoms. The van der Waals surface area contributed by atoms with E-state index >= 15 is 0 Å². The summed E-state index contributed by atoms with van der Waals surface area (Å²) in [6.07, 6.45) is 3.45. The van der Waals surface area contributed by atoms with E-state index in [2.05, 4.69) is 11.6 Å². The number of thiazole rings is 1. The second kappa shape index (κ2) is 11.5. The van der Waals surface area contributed by atoms with E-state index in [1.807, 2.05) is 55.4 Å². The molecule has 0 N–H and O–H groups in total. The topological polar surface area (TPSA) is 82.4 Å². The van der Waals surface area contributed by atoms with Crippen LogP contribution in [0, 0.1) is 0 Å². The molecule has 1 atom stereocenters. The average Bonchev–Trinajstić information content (AvgIpc) is 3.21. The number of rotatable bonds is 9. The Bertz CT molecular complexity index is 1560. The lowest BCUT2D eigenvalue weighted by atomic mass is 9.95. The van der Waals surface area contributed by atoms with Gasteiger partial charge in [0.05, 0.1) is 35.6 Å². The van der Waals surface area contributed by atoms with Crippen LogP contribution in [-0.2, 0) is 9.53 Å². The summed E-state index contributed by atoms with van der Waals surface area (Å²) in [5.74, 6) is 0.652. The van der Waals surface area contributed by atoms with E-state index in [9.17, 15) is 9.59 Å². The van der Waals surface area contributed by atoms with Crippen LogP contribution < -0.4 is 29.3 Å². The normalized spacial score (nSPS) is 15.0. The Morgan fingerprint density at radius 1 is 1.18 bits per heavy atom. The number of allylic oxidation sites excluding steroid dienone is 1. The second-order valence-electron chi connectivity index (χ2n) is 8.80. The second-order valence-corrected chi connectivity index (χ2v) is 9.81. The summed E-state index contributed by atoms with van der Waals surface area (Å²) < 4.78 is 18.5. The van der Waals surface area contributed by atoms with Crippen molar-refractivity contribution in [2.75, 3.05) is 39.3 Å². The monoisotopic (exact) mass is 533 g/mol.